The first kappa shape index (κ1) is 24.0. The summed E-state index contributed by atoms with van der Waals surface area (Å²) in [6, 6.07) is 9.36. The molecule has 3 N–H and O–H groups in total. The second-order valence-electron chi connectivity index (χ2n) is 7.08. The average Bonchev–Trinajstić information content (AvgIpc) is 2.58. The number of para-hydroxylation sites is 1. The Labute approximate surface area is 156 Å². The second-order valence-corrected chi connectivity index (χ2v) is 7.08. The first-order chi connectivity index (χ1) is 12.3. The number of hydrogen-bond acceptors (Lipinski definition) is 4. The lowest BCUT2D eigenvalue weighted by molar-refractivity contribution is -0.875. The van der Waals surface area contributed by atoms with Crippen molar-refractivity contribution >= 4 is 17.5 Å². The molecule has 0 fully saturated rings. The number of nitrogens with zero attached hydrogens (tertiary/aromatic N) is 1. The number of anilines is 1. The molecular weight excluding hydrogens is 334 g/mol. The fraction of sp³-hybridized carbons (Fsp3) is 0.579. The molecule has 0 unspecified atom stereocenters. The van der Waals surface area contributed by atoms with E-state index in [1.165, 1.54) is 0 Å². The minimum atomic E-state index is -0.359. The molecule has 1 rings (SSSR count). The van der Waals surface area contributed by atoms with Gasteiger partial charge in [0.2, 0.25) is 11.8 Å². The third-order valence-electron chi connectivity index (χ3n) is 3.50. The van der Waals surface area contributed by atoms with Crippen LogP contribution in [-0.4, -0.2) is 55.8 Å². The van der Waals surface area contributed by atoms with Crippen molar-refractivity contribution in [3.63, 3.8) is 0 Å². The molecule has 0 spiro atoms. The number of nitrogens with one attached hydrogen (secondary N) is 2. The summed E-state index contributed by atoms with van der Waals surface area (Å²) in [5.41, 5.74) is 2.41. The van der Waals surface area contributed by atoms with E-state index in [4.69, 9.17) is 5.21 Å². The number of hydrogen-bond donors (Lipinski definition) is 3. The van der Waals surface area contributed by atoms with Crippen LogP contribution >= 0.6 is 0 Å². The van der Waals surface area contributed by atoms with E-state index < -0.39 is 0 Å². The van der Waals surface area contributed by atoms with Gasteiger partial charge in [-0.25, -0.2) is 5.48 Å². The van der Waals surface area contributed by atoms with Gasteiger partial charge in [-0.3, -0.25) is 14.8 Å². The Morgan fingerprint density at radius 3 is 1.92 bits per heavy atom. The Morgan fingerprint density at radius 2 is 1.50 bits per heavy atom. The van der Waals surface area contributed by atoms with Crippen molar-refractivity contribution in [2.75, 3.05) is 39.6 Å². The van der Waals surface area contributed by atoms with Gasteiger partial charge in [-0.1, -0.05) is 37.6 Å². The van der Waals surface area contributed by atoms with Crippen molar-refractivity contribution in [1.82, 2.24) is 5.48 Å². The topological polar surface area (TPSA) is 101 Å². The molecule has 0 bridgehead atoms. The number of carbonyl (C=O) groups excluding carboxylic acids is 2. The van der Waals surface area contributed by atoms with Crippen molar-refractivity contribution in [3.05, 3.63) is 30.3 Å². The van der Waals surface area contributed by atoms with E-state index in [1.54, 1.807) is 5.48 Å². The van der Waals surface area contributed by atoms with E-state index in [0.717, 1.165) is 42.4 Å². The summed E-state index contributed by atoms with van der Waals surface area (Å²) < 4.78 is 0.781. The highest BCUT2D eigenvalue weighted by molar-refractivity contribution is 5.90. The monoisotopic (exact) mass is 367 g/mol. The van der Waals surface area contributed by atoms with Crippen LogP contribution in [0.15, 0.2) is 30.3 Å². The Morgan fingerprint density at radius 1 is 0.962 bits per heavy atom. The van der Waals surface area contributed by atoms with E-state index in [2.05, 4.69) is 5.32 Å². The van der Waals surface area contributed by atoms with Crippen LogP contribution in [0, 0.1) is 0 Å². The molecule has 0 radical (unpaired) electrons. The average molecular weight is 367 g/mol. The minimum Gasteiger partial charge on any atom is -0.850 e. The maximum absolute atomic E-state index is 11.6. The summed E-state index contributed by atoms with van der Waals surface area (Å²) >= 11 is 0. The van der Waals surface area contributed by atoms with Crippen LogP contribution in [0.4, 0.5) is 5.69 Å². The van der Waals surface area contributed by atoms with Crippen LogP contribution in [0.3, 0.4) is 0 Å². The summed E-state index contributed by atoms with van der Waals surface area (Å²) in [6.45, 7) is 0.753. The van der Waals surface area contributed by atoms with Crippen LogP contribution in [-0.2, 0) is 9.59 Å². The Bertz CT molecular complexity index is 501. The summed E-state index contributed by atoms with van der Waals surface area (Å²) in [4.78, 5) is 22.3. The molecule has 0 aromatic heterocycles. The number of unbranched alkanes of at least 4 members (excludes halogenated alkanes) is 3. The second kappa shape index (κ2) is 14.2. The number of hydroxylamine groups is 1. The van der Waals surface area contributed by atoms with Crippen molar-refractivity contribution in [3.8, 4) is 0 Å². The molecule has 7 heteroatoms. The Kier molecular flexibility index (Phi) is 13.2. The lowest BCUT2D eigenvalue weighted by Gasteiger charge is -2.25. The van der Waals surface area contributed by atoms with E-state index >= 15 is 0 Å². The van der Waals surface area contributed by atoms with Gasteiger partial charge in [-0.2, -0.15) is 0 Å². The van der Waals surface area contributed by atoms with Gasteiger partial charge < -0.3 is 14.9 Å². The van der Waals surface area contributed by atoms with Crippen LogP contribution < -0.4 is 15.9 Å². The van der Waals surface area contributed by atoms with Crippen molar-refractivity contribution in [2.45, 2.75) is 38.5 Å². The summed E-state index contributed by atoms with van der Waals surface area (Å²) in [6.07, 6.45) is 4.13. The van der Waals surface area contributed by atoms with Gasteiger partial charge in [0.15, 0.2) is 0 Å². The van der Waals surface area contributed by atoms with Gasteiger partial charge >= 0.3 is 0 Å². The van der Waals surface area contributed by atoms with Crippen LogP contribution in [0.1, 0.15) is 38.5 Å². The minimum absolute atomic E-state index is 0.0132. The standard InChI is InChI=1S/C14H20N2O3.C5H13NO/c17-13(15-12-8-4-3-5-9-12)10-6-1-2-7-11-14(18)16-19;1-6(2,3)4-5-7/h3-5,8-9,19H,1-2,6-7,10-11H2,(H,15,17)(H,16,18);4-5H2,1-3H3. The highest BCUT2D eigenvalue weighted by atomic mass is 16.5. The summed E-state index contributed by atoms with van der Waals surface area (Å²) in [7, 11) is 6.04. The number of carbonyl (C=O) groups is 2. The van der Waals surface area contributed by atoms with Crippen LogP contribution in [0.25, 0.3) is 0 Å². The fourth-order valence-electron chi connectivity index (χ4n) is 2.00. The molecule has 0 heterocycles. The molecule has 0 atom stereocenters. The molecule has 0 aliphatic rings. The maximum Gasteiger partial charge on any atom is 0.243 e. The number of rotatable bonds is 10. The number of amides is 2. The van der Waals surface area contributed by atoms with Crippen molar-refractivity contribution in [2.24, 2.45) is 0 Å². The maximum atomic E-state index is 11.6. The highest BCUT2D eigenvalue weighted by Crippen LogP contribution is 2.09. The normalized spacial score (nSPS) is 10.5. The van der Waals surface area contributed by atoms with Crippen LogP contribution in [0.5, 0.6) is 0 Å². The zero-order valence-electron chi connectivity index (χ0n) is 16.2. The van der Waals surface area contributed by atoms with E-state index in [0.29, 0.717) is 12.8 Å². The van der Waals surface area contributed by atoms with E-state index in [-0.39, 0.29) is 18.4 Å². The van der Waals surface area contributed by atoms with Crippen molar-refractivity contribution < 1.29 is 24.4 Å². The highest BCUT2D eigenvalue weighted by Gasteiger charge is 2.02. The smallest absolute Gasteiger partial charge is 0.243 e. The molecule has 26 heavy (non-hydrogen) atoms. The molecule has 0 saturated carbocycles. The Balaban J connectivity index is 0.000000758. The summed E-state index contributed by atoms with van der Waals surface area (Å²) in [5.74, 6) is -0.346. The van der Waals surface area contributed by atoms with Gasteiger partial charge in [0.05, 0.1) is 27.7 Å². The van der Waals surface area contributed by atoms with Gasteiger partial charge in [0.25, 0.3) is 0 Å². The van der Waals surface area contributed by atoms with E-state index in [1.807, 2.05) is 51.5 Å². The molecular formula is C19H33N3O4. The third-order valence-corrected chi connectivity index (χ3v) is 3.50. The molecule has 0 saturated heterocycles. The quantitative estimate of drug-likeness (QED) is 0.253. The van der Waals surface area contributed by atoms with Gasteiger partial charge in [-0.15, -0.1) is 0 Å². The lowest BCUT2D eigenvalue weighted by Crippen LogP contribution is -2.39. The molecule has 7 nitrogen and oxygen atoms in total. The first-order valence-electron chi connectivity index (χ1n) is 8.95. The van der Waals surface area contributed by atoms with Gasteiger partial charge in [0, 0.05) is 18.5 Å². The van der Waals surface area contributed by atoms with Crippen LogP contribution in [0.2, 0.25) is 0 Å². The molecule has 148 valence electrons. The molecule has 2 amide bonds. The van der Waals surface area contributed by atoms with Gasteiger partial charge in [-0.05, 0) is 25.0 Å². The molecule has 1 aromatic rings. The van der Waals surface area contributed by atoms with Gasteiger partial charge in [0.1, 0.15) is 0 Å². The number of benzene rings is 1. The van der Waals surface area contributed by atoms with E-state index in [9.17, 15) is 14.7 Å². The van der Waals surface area contributed by atoms with Crippen molar-refractivity contribution in [1.29, 1.82) is 0 Å². The predicted molar refractivity (Wildman–Crippen MR) is 100 cm³/mol. The number of likely N-dealkylation sites (N-methyl/N-ethyl adjacent to an activating group) is 1. The number of quaternary nitrogens is 1. The fourth-order valence-corrected chi connectivity index (χ4v) is 2.00. The predicted octanol–water partition coefficient (Wildman–Crippen LogP) is 1.52. The summed E-state index contributed by atoms with van der Waals surface area (Å²) in [5, 5.41) is 21.1. The molecule has 1 aromatic carbocycles. The largest absolute Gasteiger partial charge is 0.850 e. The first-order valence-corrected chi connectivity index (χ1v) is 8.95. The zero-order chi connectivity index (χ0) is 19.8. The third kappa shape index (κ3) is 15.6. The molecule has 0 aliphatic heterocycles. The zero-order valence-corrected chi connectivity index (χ0v) is 16.2. The Hall–Kier alpha value is -1.96. The molecule has 0 aliphatic carbocycles. The SMILES string of the molecule is C[N+](C)(C)CC[O-].O=C(CCCCCCC(=O)Nc1ccccc1)NO. The lowest BCUT2D eigenvalue weighted by atomic mass is 10.1.